The van der Waals surface area contributed by atoms with Gasteiger partial charge in [0.2, 0.25) is 0 Å². The number of aromatic nitrogens is 2. The third-order valence-corrected chi connectivity index (χ3v) is 2.26. The minimum Gasteiger partial charge on any atom is -0.369 e. The fourth-order valence-corrected chi connectivity index (χ4v) is 1.48. The summed E-state index contributed by atoms with van der Waals surface area (Å²) in [5.74, 6) is 1.21. The quantitative estimate of drug-likeness (QED) is 0.693. The van der Waals surface area contributed by atoms with Crippen molar-refractivity contribution in [1.82, 2.24) is 9.55 Å². The van der Waals surface area contributed by atoms with E-state index in [1.807, 2.05) is 19.9 Å². The Labute approximate surface area is 76.6 Å². The van der Waals surface area contributed by atoms with Crippen LogP contribution < -0.4 is 11.0 Å². The van der Waals surface area contributed by atoms with Gasteiger partial charge in [-0.3, -0.25) is 4.57 Å². The van der Waals surface area contributed by atoms with Gasteiger partial charge in [0, 0.05) is 19.2 Å². The summed E-state index contributed by atoms with van der Waals surface area (Å²) in [7, 11) is 0. The molecule has 4 heteroatoms. The van der Waals surface area contributed by atoms with Crippen LogP contribution in [0.15, 0.2) is 10.9 Å². The highest BCUT2D eigenvalue weighted by molar-refractivity contribution is 5.40. The fourth-order valence-electron chi connectivity index (χ4n) is 1.48. The Morgan fingerprint density at radius 2 is 2.38 bits per heavy atom. The minimum atomic E-state index is -0.133. The molecule has 0 radical (unpaired) electrons. The van der Waals surface area contributed by atoms with Gasteiger partial charge in [-0.25, -0.2) is 4.79 Å². The molecular weight excluding hydrogens is 166 g/mol. The van der Waals surface area contributed by atoms with Gasteiger partial charge in [-0.2, -0.15) is 4.98 Å². The molecule has 0 fully saturated rings. The van der Waals surface area contributed by atoms with Crippen molar-refractivity contribution in [2.24, 2.45) is 0 Å². The second-order valence-electron chi connectivity index (χ2n) is 3.58. The van der Waals surface area contributed by atoms with Gasteiger partial charge in [0.15, 0.2) is 0 Å². The monoisotopic (exact) mass is 179 g/mol. The largest absolute Gasteiger partial charge is 0.369 e. The van der Waals surface area contributed by atoms with E-state index in [0.29, 0.717) is 5.92 Å². The maximum absolute atomic E-state index is 11.4. The lowest BCUT2D eigenvalue weighted by atomic mass is 10.1. The van der Waals surface area contributed by atoms with E-state index in [1.165, 1.54) is 0 Å². The van der Waals surface area contributed by atoms with E-state index in [-0.39, 0.29) is 5.69 Å². The molecule has 0 spiro atoms. The molecule has 0 amide bonds. The summed E-state index contributed by atoms with van der Waals surface area (Å²) in [5, 5.41) is 3.16. The molecule has 4 nitrogen and oxygen atoms in total. The molecule has 0 atom stereocenters. The van der Waals surface area contributed by atoms with Crippen molar-refractivity contribution in [3.63, 3.8) is 0 Å². The van der Waals surface area contributed by atoms with E-state index in [4.69, 9.17) is 0 Å². The molecule has 1 N–H and O–H groups in total. The second kappa shape index (κ2) is 2.87. The van der Waals surface area contributed by atoms with E-state index in [1.54, 1.807) is 4.57 Å². The van der Waals surface area contributed by atoms with E-state index in [9.17, 15) is 4.79 Å². The minimum absolute atomic E-state index is 0.133. The fraction of sp³-hybridized carbons (Fsp3) is 0.556. The Kier molecular flexibility index (Phi) is 1.83. The molecule has 0 saturated heterocycles. The molecule has 0 unspecified atom stereocenters. The first-order valence-electron chi connectivity index (χ1n) is 4.54. The van der Waals surface area contributed by atoms with Gasteiger partial charge in [0.1, 0.15) is 5.82 Å². The van der Waals surface area contributed by atoms with Crippen LogP contribution in [0, 0.1) is 0 Å². The van der Waals surface area contributed by atoms with Crippen molar-refractivity contribution < 1.29 is 0 Å². The summed E-state index contributed by atoms with van der Waals surface area (Å²) in [4.78, 5) is 15.5. The van der Waals surface area contributed by atoms with Gasteiger partial charge in [0.25, 0.3) is 0 Å². The molecule has 1 aromatic heterocycles. The lowest BCUT2D eigenvalue weighted by molar-refractivity contribution is 0.712. The number of anilines is 1. The van der Waals surface area contributed by atoms with Crippen LogP contribution in [0.3, 0.4) is 0 Å². The van der Waals surface area contributed by atoms with Crippen molar-refractivity contribution >= 4 is 5.82 Å². The van der Waals surface area contributed by atoms with Crippen LogP contribution >= 0.6 is 0 Å². The first-order valence-corrected chi connectivity index (χ1v) is 4.54. The predicted molar refractivity (Wildman–Crippen MR) is 51.1 cm³/mol. The summed E-state index contributed by atoms with van der Waals surface area (Å²) in [5.41, 5.74) is 0.733. The van der Waals surface area contributed by atoms with Crippen molar-refractivity contribution in [3.8, 4) is 0 Å². The molecule has 0 saturated carbocycles. The Balaban J connectivity index is 2.56. The van der Waals surface area contributed by atoms with Gasteiger partial charge >= 0.3 is 5.69 Å². The summed E-state index contributed by atoms with van der Waals surface area (Å²) in [6, 6.07) is 1.96. The highest BCUT2D eigenvalue weighted by atomic mass is 16.1. The summed E-state index contributed by atoms with van der Waals surface area (Å²) < 4.78 is 1.67. The van der Waals surface area contributed by atoms with Crippen LogP contribution in [0.4, 0.5) is 5.82 Å². The zero-order chi connectivity index (χ0) is 9.42. The Morgan fingerprint density at radius 1 is 1.62 bits per heavy atom. The highest BCUT2D eigenvalue weighted by Gasteiger charge is 2.13. The highest BCUT2D eigenvalue weighted by Crippen LogP contribution is 2.16. The Morgan fingerprint density at radius 3 is 3.08 bits per heavy atom. The van der Waals surface area contributed by atoms with Crippen LogP contribution in [0.5, 0.6) is 0 Å². The summed E-state index contributed by atoms with van der Waals surface area (Å²) in [6.45, 7) is 5.64. The number of hydrogen-bond acceptors (Lipinski definition) is 3. The number of hydrogen-bond donors (Lipinski definition) is 1. The van der Waals surface area contributed by atoms with E-state index >= 15 is 0 Å². The van der Waals surface area contributed by atoms with Crippen LogP contribution in [-0.4, -0.2) is 16.1 Å². The molecule has 1 aliphatic rings. The lowest BCUT2D eigenvalue weighted by Crippen LogP contribution is -2.22. The lowest BCUT2D eigenvalue weighted by Gasteiger charge is -2.06. The molecule has 1 aromatic rings. The van der Waals surface area contributed by atoms with Gasteiger partial charge in [-0.05, 0) is 5.92 Å². The molecule has 0 aliphatic carbocycles. The summed E-state index contributed by atoms with van der Waals surface area (Å²) in [6.07, 6.45) is 0. The first-order chi connectivity index (χ1) is 6.18. The molecule has 2 rings (SSSR count). The molecule has 70 valence electrons. The van der Waals surface area contributed by atoms with E-state index in [0.717, 1.165) is 24.6 Å². The zero-order valence-electron chi connectivity index (χ0n) is 7.87. The number of nitrogens with zero attached hydrogens (tertiary/aromatic N) is 2. The third-order valence-electron chi connectivity index (χ3n) is 2.26. The van der Waals surface area contributed by atoms with Crippen molar-refractivity contribution in [1.29, 1.82) is 0 Å². The molecule has 2 heterocycles. The number of fused-ring (bicyclic) bond motifs is 1. The number of rotatable bonds is 1. The van der Waals surface area contributed by atoms with Gasteiger partial charge < -0.3 is 5.32 Å². The predicted octanol–water partition coefficient (Wildman–Crippen LogP) is 0.792. The third kappa shape index (κ3) is 1.32. The van der Waals surface area contributed by atoms with Crippen molar-refractivity contribution in [2.45, 2.75) is 26.3 Å². The van der Waals surface area contributed by atoms with Crippen molar-refractivity contribution in [3.05, 3.63) is 22.2 Å². The normalized spacial score (nSPS) is 14.4. The Bertz CT molecular complexity index is 381. The first kappa shape index (κ1) is 8.29. The maximum Gasteiger partial charge on any atom is 0.349 e. The van der Waals surface area contributed by atoms with Gasteiger partial charge in [-0.1, -0.05) is 13.8 Å². The molecule has 13 heavy (non-hydrogen) atoms. The van der Waals surface area contributed by atoms with Gasteiger partial charge in [-0.15, -0.1) is 0 Å². The zero-order valence-corrected chi connectivity index (χ0v) is 7.87. The topological polar surface area (TPSA) is 46.9 Å². The van der Waals surface area contributed by atoms with Crippen LogP contribution in [-0.2, 0) is 6.54 Å². The average molecular weight is 179 g/mol. The molecule has 0 aromatic carbocycles. The van der Waals surface area contributed by atoms with E-state index < -0.39 is 0 Å². The molecule has 1 aliphatic heterocycles. The Hall–Kier alpha value is -1.32. The smallest absolute Gasteiger partial charge is 0.349 e. The number of nitrogens with one attached hydrogen (secondary N) is 1. The average Bonchev–Trinajstić information content (AvgIpc) is 2.51. The second-order valence-corrected chi connectivity index (χ2v) is 3.58. The van der Waals surface area contributed by atoms with Crippen molar-refractivity contribution in [2.75, 3.05) is 11.9 Å². The SMILES string of the molecule is CC(C)c1cc2n(c(=O)n1)CCN2. The van der Waals surface area contributed by atoms with Crippen LogP contribution in [0.2, 0.25) is 0 Å². The standard InChI is InChI=1S/C9H13N3O/c1-6(2)7-5-8-10-3-4-12(8)9(13)11-7/h5-6,10H,3-4H2,1-2H3. The van der Waals surface area contributed by atoms with Crippen LogP contribution in [0.1, 0.15) is 25.5 Å². The van der Waals surface area contributed by atoms with Gasteiger partial charge in [0.05, 0.1) is 5.69 Å². The molecule has 0 bridgehead atoms. The maximum atomic E-state index is 11.4. The summed E-state index contributed by atoms with van der Waals surface area (Å²) >= 11 is 0. The van der Waals surface area contributed by atoms with E-state index in [2.05, 4.69) is 10.3 Å². The molecular formula is C9H13N3O. The van der Waals surface area contributed by atoms with Crippen LogP contribution in [0.25, 0.3) is 0 Å².